The van der Waals surface area contributed by atoms with Crippen molar-refractivity contribution in [1.29, 1.82) is 0 Å². The Balaban J connectivity index is 1.89. The fraction of sp³-hybridized carbons (Fsp3) is 0.467. The molecule has 0 unspecified atom stereocenters. The van der Waals surface area contributed by atoms with Crippen molar-refractivity contribution in [2.45, 2.75) is 32.7 Å². The van der Waals surface area contributed by atoms with Crippen LogP contribution in [0.25, 0.3) is 10.6 Å². The molecule has 0 atom stereocenters. The molecule has 0 spiro atoms. The molecule has 1 saturated heterocycles. The molecule has 0 saturated carbocycles. The van der Waals surface area contributed by atoms with Crippen molar-refractivity contribution in [3.63, 3.8) is 0 Å². The molecule has 1 fully saturated rings. The van der Waals surface area contributed by atoms with E-state index in [1.165, 1.54) is 11.3 Å². The van der Waals surface area contributed by atoms with Gasteiger partial charge in [-0.15, -0.1) is 10.2 Å². The number of pyridine rings is 1. The first kappa shape index (κ1) is 16.1. The van der Waals surface area contributed by atoms with Crippen molar-refractivity contribution >= 4 is 34.5 Å². The predicted octanol–water partition coefficient (Wildman–Crippen LogP) is 3.31. The van der Waals surface area contributed by atoms with Crippen molar-refractivity contribution in [2.24, 2.45) is 0 Å². The lowest BCUT2D eigenvalue weighted by atomic mass is 10.2. The summed E-state index contributed by atoms with van der Waals surface area (Å²) in [6, 6.07) is 2.01. The summed E-state index contributed by atoms with van der Waals surface area (Å²) in [5.41, 5.74) is 1.65. The van der Waals surface area contributed by atoms with Crippen LogP contribution in [0.5, 0.6) is 0 Å². The van der Waals surface area contributed by atoms with Crippen LogP contribution >= 0.6 is 22.9 Å². The number of hydrogen-bond donors (Lipinski definition) is 1. The van der Waals surface area contributed by atoms with Crippen molar-refractivity contribution in [3.05, 3.63) is 22.4 Å². The Morgan fingerprint density at radius 1 is 1.35 bits per heavy atom. The maximum atomic E-state index is 12.4. The second kappa shape index (κ2) is 6.80. The van der Waals surface area contributed by atoms with Crippen molar-refractivity contribution in [3.8, 4) is 10.6 Å². The van der Waals surface area contributed by atoms with Gasteiger partial charge in [0.2, 0.25) is 5.01 Å². The molecule has 122 valence electrons. The highest BCUT2D eigenvalue weighted by Gasteiger charge is 2.24. The largest absolute Gasteiger partial charge is 0.382 e. The minimum Gasteiger partial charge on any atom is -0.382 e. The Labute approximate surface area is 143 Å². The van der Waals surface area contributed by atoms with Crippen LogP contribution in [-0.2, 0) is 0 Å². The van der Waals surface area contributed by atoms with Gasteiger partial charge in [-0.25, -0.2) is 4.98 Å². The third-order valence-electron chi connectivity index (χ3n) is 3.55. The molecule has 0 aliphatic carbocycles. The summed E-state index contributed by atoms with van der Waals surface area (Å²) in [7, 11) is 0. The smallest absolute Gasteiger partial charge is 0.284 e. The molecule has 2 aromatic heterocycles. The van der Waals surface area contributed by atoms with Gasteiger partial charge in [-0.05, 0) is 32.8 Å². The molecule has 3 heterocycles. The minimum absolute atomic E-state index is 0.0356. The predicted molar refractivity (Wildman–Crippen MR) is 92.0 cm³/mol. The van der Waals surface area contributed by atoms with Crippen LogP contribution in [0.3, 0.4) is 0 Å². The number of hydrogen-bond acceptors (Lipinski definition) is 6. The molecule has 1 aliphatic heterocycles. The number of rotatable bonds is 4. The molecule has 6 nitrogen and oxygen atoms in total. The fourth-order valence-electron chi connectivity index (χ4n) is 2.50. The monoisotopic (exact) mass is 351 g/mol. The number of nitrogens with one attached hydrogen (secondary N) is 1. The van der Waals surface area contributed by atoms with E-state index in [1.807, 2.05) is 18.7 Å². The Morgan fingerprint density at radius 3 is 2.78 bits per heavy atom. The lowest BCUT2D eigenvalue weighted by molar-refractivity contribution is 0.0791. The third-order valence-corrected chi connectivity index (χ3v) is 4.70. The maximum absolute atomic E-state index is 12.4. The first-order chi connectivity index (χ1) is 11.0. The van der Waals surface area contributed by atoms with E-state index in [1.54, 1.807) is 12.3 Å². The second-order valence-corrected chi connectivity index (χ2v) is 7.13. The van der Waals surface area contributed by atoms with Gasteiger partial charge in [0.05, 0.1) is 5.56 Å². The average molecular weight is 352 g/mol. The van der Waals surface area contributed by atoms with Crippen LogP contribution in [0.4, 0.5) is 5.69 Å². The van der Waals surface area contributed by atoms with Crippen molar-refractivity contribution in [1.82, 2.24) is 20.1 Å². The number of likely N-dealkylation sites (tertiary alicyclic amines) is 1. The molecule has 0 aromatic carbocycles. The van der Waals surface area contributed by atoms with Crippen molar-refractivity contribution < 1.29 is 4.79 Å². The number of aromatic nitrogens is 3. The van der Waals surface area contributed by atoms with E-state index in [0.717, 1.165) is 37.2 Å². The minimum atomic E-state index is -0.0356. The maximum Gasteiger partial charge on any atom is 0.284 e. The summed E-state index contributed by atoms with van der Waals surface area (Å²) in [4.78, 5) is 18.3. The Hall–Kier alpha value is -1.73. The molecular formula is C15H18ClN5OS. The number of amides is 1. The number of nitrogens with zero attached hydrogens (tertiary/aromatic N) is 4. The molecule has 1 N–H and O–H groups in total. The van der Waals surface area contributed by atoms with Gasteiger partial charge in [0.25, 0.3) is 5.91 Å². The molecule has 2 aromatic rings. The van der Waals surface area contributed by atoms with Gasteiger partial charge in [0.15, 0.2) is 5.01 Å². The van der Waals surface area contributed by atoms with Crippen LogP contribution in [-0.4, -0.2) is 45.1 Å². The van der Waals surface area contributed by atoms with Crippen LogP contribution in [0.2, 0.25) is 5.15 Å². The van der Waals surface area contributed by atoms with Crippen LogP contribution < -0.4 is 5.32 Å². The molecule has 1 amide bonds. The van der Waals surface area contributed by atoms with E-state index >= 15 is 0 Å². The van der Waals surface area contributed by atoms with Gasteiger partial charge in [0, 0.05) is 31.0 Å². The molecular weight excluding hydrogens is 334 g/mol. The van der Waals surface area contributed by atoms with Crippen LogP contribution in [0.1, 0.15) is 36.5 Å². The average Bonchev–Trinajstić information content (AvgIpc) is 3.18. The zero-order chi connectivity index (χ0) is 16.4. The first-order valence-electron chi connectivity index (χ1n) is 7.60. The molecule has 8 heteroatoms. The summed E-state index contributed by atoms with van der Waals surface area (Å²) in [6.45, 7) is 5.69. The highest BCUT2D eigenvalue weighted by molar-refractivity contribution is 7.16. The van der Waals surface area contributed by atoms with Gasteiger partial charge in [-0.3, -0.25) is 4.79 Å². The van der Waals surface area contributed by atoms with E-state index < -0.39 is 0 Å². The zero-order valence-electron chi connectivity index (χ0n) is 13.0. The number of carbonyl (C=O) groups is 1. The van der Waals surface area contributed by atoms with Gasteiger partial charge >= 0.3 is 0 Å². The fourth-order valence-corrected chi connectivity index (χ4v) is 3.50. The number of halogens is 1. The normalized spacial score (nSPS) is 14.5. The van der Waals surface area contributed by atoms with Gasteiger partial charge in [0.1, 0.15) is 5.15 Å². The summed E-state index contributed by atoms with van der Waals surface area (Å²) in [5, 5.41) is 13.1. The SMILES string of the molecule is CC(C)Nc1cc(Cl)ncc1-c1nnc(C(=O)N2CCCC2)s1. The van der Waals surface area contributed by atoms with Crippen LogP contribution in [0.15, 0.2) is 12.3 Å². The topological polar surface area (TPSA) is 71.0 Å². The van der Waals surface area contributed by atoms with E-state index in [0.29, 0.717) is 15.2 Å². The first-order valence-corrected chi connectivity index (χ1v) is 8.79. The quantitative estimate of drug-likeness (QED) is 0.856. The van der Waals surface area contributed by atoms with Crippen LogP contribution in [0, 0.1) is 0 Å². The summed E-state index contributed by atoms with van der Waals surface area (Å²) in [6.07, 6.45) is 3.78. The third kappa shape index (κ3) is 3.61. The zero-order valence-corrected chi connectivity index (χ0v) is 14.6. The highest BCUT2D eigenvalue weighted by Crippen LogP contribution is 2.32. The van der Waals surface area contributed by atoms with E-state index in [4.69, 9.17) is 11.6 Å². The number of carbonyl (C=O) groups excluding carboxylic acids is 1. The van der Waals surface area contributed by atoms with E-state index in [9.17, 15) is 4.79 Å². The summed E-state index contributed by atoms with van der Waals surface area (Å²) >= 11 is 7.28. The molecule has 0 bridgehead atoms. The van der Waals surface area contributed by atoms with Gasteiger partial charge < -0.3 is 10.2 Å². The molecule has 23 heavy (non-hydrogen) atoms. The summed E-state index contributed by atoms with van der Waals surface area (Å²) < 4.78 is 0. The van der Waals surface area contributed by atoms with E-state index in [-0.39, 0.29) is 11.9 Å². The van der Waals surface area contributed by atoms with E-state index in [2.05, 4.69) is 20.5 Å². The Bertz CT molecular complexity index is 712. The number of anilines is 1. The molecule has 1 aliphatic rings. The molecule has 3 rings (SSSR count). The summed E-state index contributed by atoms with van der Waals surface area (Å²) in [5.74, 6) is -0.0356. The highest BCUT2D eigenvalue weighted by atomic mass is 35.5. The van der Waals surface area contributed by atoms with Gasteiger partial charge in [-0.2, -0.15) is 0 Å². The second-order valence-electron chi connectivity index (χ2n) is 5.76. The lowest BCUT2D eigenvalue weighted by Crippen LogP contribution is -2.27. The lowest BCUT2D eigenvalue weighted by Gasteiger charge is -2.13. The Morgan fingerprint density at radius 2 is 2.09 bits per heavy atom. The van der Waals surface area contributed by atoms with Gasteiger partial charge in [-0.1, -0.05) is 22.9 Å². The molecule has 0 radical (unpaired) electrons. The van der Waals surface area contributed by atoms with Crippen molar-refractivity contribution in [2.75, 3.05) is 18.4 Å². The Kier molecular flexibility index (Phi) is 4.77. The standard InChI is InChI=1S/C15H18ClN5OS/c1-9(2)18-11-7-12(16)17-8-10(11)13-19-20-14(23-13)15(22)21-5-3-4-6-21/h7-9H,3-6H2,1-2H3,(H,17,18).